The van der Waals surface area contributed by atoms with Crippen LogP contribution in [0.15, 0.2) is 24.8 Å². The lowest BCUT2D eigenvalue weighted by atomic mass is 9.92. The minimum Gasteiger partial charge on any atom is -0.508 e. The summed E-state index contributed by atoms with van der Waals surface area (Å²) < 4.78 is 0. The van der Waals surface area contributed by atoms with Gasteiger partial charge in [-0.3, -0.25) is 0 Å². The molecule has 0 aromatic heterocycles. The van der Waals surface area contributed by atoms with Gasteiger partial charge in [0.15, 0.2) is 0 Å². The van der Waals surface area contributed by atoms with E-state index in [4.69, 9.17) is 0 Å². The molecule has 0 radical (unpaired) electrons. The normalized spacial score (nSPS) is 20.2. The van der Waals surface area contributed by atoms with E-state index < -0.39 is 0 Å². The average molecular weight is 189 g/mol. The monoisotopic (exact) mass is 189 g/mol. The highest BCUT2D eigenvalue weighted by Crippen LogP contribution is 2.31. The van der Waals surface area contributed by atoms with Crippen molar-refractivity contribution in [1.82, 2.24) is 5.32 Å². The molecule has 0 fully saturated rings. The molecule has 1 heterocycles. The van der Waals surface area contributed by atoms with Crippen molar-refractivity contribution in [3.63, 3.8) is 0 Å². The molecule has 1 aliphatic heterocycles. The Morgan fingerprint density at radius 3 is 3.07 bits per heavy atom. The number of nitrogens with one attached hydrogen (secondary N) is 1. The summed E-state index contributed by atoms with van der Waals surface area (Å²) in [5, 5.41) is 13.1. The molecular weight excluding hydrogens is 174 g/mol. The van der Waals surface area contributed by atoms with Crippen molar-refractivity contribution < 1.29 is 5.11 Å². The molecule has 2 nitrogen and oxygen atoms in total. The van der Waals surface area contributed by atoms with E-state index in [0.717, 1.165) is 24.1 Å². The topological polar surface area (TPSA) is 32.3 Å². The highest BCUT2D eigenvalue weighted by molar-refractivity contribution is 5.46. The summed E-state index contributed by atoms with van der Waals surface area (Å²) in [5.41, 5.74) is 3.33. The Kier molecular flexibility index (Phi) is 2.30. The zero-order valence-electron chi connectivity index (χ0n) is 8.38. The predicted octanol–water partition coefficient (Wildman–Crippen LogP) is 2.07. The van der Waals surface area contributed by atoms with Crippen LogP contribution in [0.4, 0.5) is 0 Å². The van der Waals surface area contributed by atoms with Crippen molar-refractivity contribution in [3.05, 3.63) is 41.5 Å². The molecule has 0 saturated heterocycles. The lowest BCUT2D eigenvalue weighted by Crippen LogP contribution is -2.28. The molecule has 2 heteroatoms. The fraction of sp³-hybridized carbons (Fsp3) is 0.333. The molecule has 0 aliphatic carbocycles. The van der Waals surface area contributed by atoms with Gasteiger partial charge in [0.2, 0.25) is 0 Å². The first-order chi connectivity index (χ1) is 6.72. The highest BCUT2D eigenvalue weighted by Gasteiger charge is 2.19. The first kappa shape index (κ1) is 9.28. The van der Waals surface area contributed by atoms with Gasteiger partial charge in [-0.05, 0) is 30.5 Å². The van der Waals surface area contributed by atoms with Gasteiger partial charge in [0.25, 0.3) is 0 Å². The number of rotatable bonds is 1. The van der Waals surface area contributed by atoms with E-state index in [-0.39, 0.29) is 6.04 Å². The van der Waals surface area contributed by atoms with Crippen LogP contribution in [0.2, 0.25) is 0 Å². The van der Waals surface area contributed by atoms with Crippen molar-refractivity contribution in [3.8, 4) is 5.75 Å². The molecule has 0 saturated carbocycles. The molecule has 0 amide bonds. The zero-order chi connectivity index (χ0) is 10.1. The molecule has 1 unspecified atom stereocenters. The summed E-state index contributed by atoms with van der Waals surface area (Å²) in [5.74, 6) is 0.424. The summed E-state index contributed by atoms with van der Waals surface area (Å²) >= 11 is 0. The maximum atomic E-state index is 9.79. The van der Waals surface area contributed by atoms with Gasteiger partial charge in [-0.25, -0.2) is 0 Å². The van der Waals surface area contributed by atoms with E-state index in [0.29, 0.717) is 5.75 Å². The van der Waals surface area contributed by atoms with E-state index in [1.165, 1.54) is 5.56 Å². The Labute approximate surface area is 84.3 Å². The van der Waals surface area contributed by atoms with Gasteiger partial charge in [-0.2, -0.15) is 0 Å². The third-order valence-electron chi connectivity index (χ3n) is 2.72. The van der Waals surface area contributed by atoms with Gasteiger partial charge < -0.3 is 10.4 Å². The van der Waals surface area contributed by atoms with Crippen LogP contribution in [0.25, 0.3) is 0 Å². The van der Waals surface area contributed by atoms with Crippen LogP contribution in [0.5, 0.6) is 5.75 Å². The zero-order valence-corrected chi connectivity index (χ0v) is 8.38. The molecule has 2 N–H and O–H groups in total. The van der Waals surface area contributed by atoms with Crippen molar-refractivity contribution in [1.29, 1.82) is 0 Å². The maximum absolute atomic E-state index is 9.79. The van der Waals surface area contributed by atoms with Gasteiger partial charge >= 0.3 is 0 Å². The second-order valence-electron chi connectivity index (χ2n) is 3.77. The third kappa shape index (κ3) is 1.42. The summed E-state index contributed by atoms with van der Waals surface area (Å²) in [7, 11) is 0. The fourth-order valence-corrected chi connectivity index (χ4v) is 2.05. The standard InChI is InChI=1S/C12H15NO/c1-3-11-10-6-8(2)7-12(14)9(10)4-5-13-11/h3,6-7,11,13-14H,1,4-5H2,2H3. The Hall–Kier alpha value is -1.28. The van der Waals surface area contributed by atoms with Crippen molar-refractivity contribution in [2.45, 2.75) is 19.4 Å². The number of hydrogen-bond acceptors (Lipinski definition) is 2. The maximum Gasteiger partial charge on any atom is 0.119 e. The molecule has 0 spiro atoms. The van der Waals surface area contributed by atoms with Crippen molar-refractivity contribution in [2.75, 3.05) is 6.54 Å². The Balaban J connectivity index is 2.56. The van der Waals surface area contributed by atoms with Crippen LogP contribution >= 0.6 is 0 Å². The van der Waals surface area contributed by atoms with Gasteiger partial charge in [-0.1, -0.05) is 12.1 Å². The second kappa shape index (κ2) is 3.46. The minimum atomic E-state index is 0.185. The minimum absolute atomic E-state index is 0.185. The van der Waals surface area contributed by atoms with E-state index >= 15 is 0 Å². The molecule has 2 rings (SSSR count). The molecule has 1 aromatic rings. The van der Waals surface area contributed by atoms with Crippen LogP contribution in [0.1, 0.15) is 22.7 Å². The van der Waals surface area contributed by atoms with Crippen molar-refractivity contribution in [2.24, 2.45) is 0 Å². The summed E-state index contributed by atoms with van der Waals surface area (Å²) in [6, 6.07) is 4.13. The van der Waals surface area contributed by atoms with Crippen LogP contribution in [0, 0.1) is 6.92 Å². The number of benzene rings is 1. The van der Waals surface area contributed by atoms with Gasteiger partial charge in [-0.15, -0.1) is 6.58 Å². The van der Waals surface area contributed by atoms with E-state index in [1.54, 1.807) is 0 Å². The number of hydrogen-bond donors (Lipinski definition) is 2. The van der Waals surface area contributed by atoms with Gasteiger partial charge in [0, 0.05) is 12.1 Å². The third-order valence-corrected chi connectivity index (χ3v) is 2.72. The lowest BCUT2D eigenvalue weighted by Gasteiger charge is -2.25. The molecule has 1 atom stereocenters. The summed E-state index contributed by atoms with van der Waals surface area (Å²) in [6.07, 6.45) is 2.78. The number of phenols is 1. The number of phenolic OH excluding ortho intramolecular Hbond substituents is 1. The highest BCUT2D eigenvalue weighted by atomic mass is 16.3. The number of aromatic hydroxyl groups is 1. The van der Waals surface area contributed by atoms with E-state index in [1.807, 2.05) is 19.1 Å². The van der Waals surface area contributed by atoms with Gasteiger partial charge in [0.05, 0.1) is 6.04 Å². The SMILES string of the molecule is C=CC1NCCc2c(O)cc(C)cc21. The Morgan fingerprint density at radius 1 is 1.57 bits per heavy atom. The fourth-order valence-electron chi connectivity index (χ4n) is 2.05. The first-order valence-corrected chi connectivity index (χ1v) is 4.90. The smallest absolute Gasteiger partial charge is 0.119 e. The molecular formula is C12H15NO. The molecule has 14 heavy (non-hydrogen) atoms. The average Bonchev–Trinajstić information content (AvgIpc) is 2.17. The Bertz CT molecular complexity index is 371. The van der Waals surface area contributed by atoms with Crippen LogP contribution in [-0.2, 0) is 6.42 Å². The van der Waals surface area contributed by atoms with E-state index in [9.17, 15) is 5.11 Å². The van der Waals surface area contributed by atoms with Crippen LogP contribution in [-0.4, -0.2) is 11.7 Å². The largest absolute Gasteiger partial charge is 0.508 e. The van der Waals surface area contributed by atoms with Crippen LogP contribution in [0.3, 0.4) is 0 Å². The quantitative estimate of drug-likeness (QED) is 0.663. The Morgan fingerprint density at radius 2 is 2.36 bits per heavy atom. The number of fused-ring (bicyclic) bond motifs is 1. The lowest BCUT2D eigenvalue weighted by molar-refractivity contribution is 0.456. The molecule has 1 aliphatic rings. The van der Waals surface area contributed by atoms with Crippen LogP contribution < -0.4 is 5.32 Å². The summed E-state index contributed by atoms with van der Waals surface area (Å²) in [4.78, 5) is 0. The molecule has 1 aromatic carbocycles. The number of aryl methyl sites for hydroxylation is 1. The molecule has 0 bridgehead atoms. The van der Waals surface area contributed by atoms with Gasteiger partial charge in [0.1, 0.15) is 5.75 Å². The molecule has 74 valence electrons. The second-order valence-corrected chi connectivity index (χ2v) is 3.77. The van der Waals surface area contributed by atoms with Crippen molar-refractivity contribution >= 4 is 0 Å². The summed E-state index contributed by atoms with van der Waals surface area (Å²) in [6.45, 7) is 6.70. The van der Waals surface area contributed by atoms with E-state index in [2.05, 4.69) is 18.0 Å². The predicted molar refractivity (Wildman–Crippen MR) is 57.5 cm³/mol. The first-order valence-electron chi connectivity index (χ1n) is 4.90.